The van der Waals surface area contributed by atoms with Crippen molar-refractivity contribution in [1.29, 1.82) is 0 Å². The predicted molar refractivity (Wildman–Crippen MR) is 80.3 cm³/mol. The number of nitrogens with zero attached hydrogens (tertiary/aromatic N) is 1. The fourth-order valence-corrected chi connectivity index (χ4v) is 3.73. The van der Waals surface area contributed by atoms with Crippen molar-refractivity contribution in [3.63, 3.8) is 0 Å². The maximum absolute atomic E-state index is 10.3. The minimum Gasteiger partial charge on any atom is -0.388 e. The quantitative estimate of drug-likeness (QED) is 0.850. The second kappa shape index (κ2) is 5.32. The Morgan fingerprint density at radius 2 is 2.00 bits per heavy atom. The van der Waals surface area contributed by atoms with Gasteiger partial charge in [-0.25, -0.2) is 0 Å². The molecule has 1 aliphatic rings. The van der Waals surface area contributed by atoms with Crippen LogP contribution in [0.2, 0.25) is 0 Å². The first-order chi connectivity index (χ1) is 8.89. The van der Waals surface area contributed by atoms with E-state index in [9.17, 15) is 5.11 Å². The van der Waals surface area contributed by atoms with Crippen LogP contribution in [0.4, 0.5) is 0 Å². The summed E-state index contributed by atoms with van der Waals surface area (Å²) in [6.07, 6.45) is 6.31. The summed E-state index contributed by atoms with van der Waals surface area (Å²) in [7, 11) is 0. The lowest BCUT2D eigenvalue weighted by Crippen LogP contribution is -2.28. The molecule has 0 aliphatic heterocycles. The number of rotatable bonds is 4. The van der Waals surface area contributed by atoms with Crippen LogP contribution in [0.1, 0.15) is 77.3 Å². The highest BCUT2D eigenvalue weighted by Crippen LogP contribution is 2.42. The summed E-state index contributed by atoms with van der Waals surface area (Å²) in [4.78, 5) is 0. The molecular formula is C17H29NO. The normalized spacial score (nSPS) is 23.4. The highest BCUT2D eigenvalue weighted by atomic mass is 16.3. The summed E-state index contributed by atoms with van der Waals surface area (Å²) in [6.45, 7) is 11.4. The van der Waals surface area contributed by atoms with Gasteiger partial charge in [0.15, 0.2) is 0 Å². The van der Waals surface area contributed by atoms with Crippen LogP contribution in [0.15, 0.2) is 12.3 Å². The lowest BCUT2D eigenvalue weighted by atomic mass is 9.75. The van der Waals surface area contributed by atoms with Crippen molar-refractivity contribution in [2.75, 3.05) is 0 Å². The van der Waals surface area contributed by atoms with Crippen LogP contribution in [0.3, 0.4) is 0 Å². The molecule has 19 heavy (non-hydrogen) atoms. The van der Waals surface area contributed by atoms with Crippen molar-refractivity contribution in [1.82, 2.24) is 4.57 Å². The molecule has 0 fully saturated rings. The highest BCUT2D eigenvalue weighted by molar-refractivity contribution is 5.29. The molecule has 1 aromatic heterocycles. The summed E-state index contributed by atoms with van der Waals surface area (Å²) in [5.74, 6) is 0.721. The zero-order valence-corrected chi connectivity index (χ0v) is 13.1. The van der Waals surface area contributed by atoms with E-state index in [-0.39, 0.29) is 11.5 Å². The average Bonchev–Trinajstić information content (AvgIpc) is 2.72. The minimum absolute atomic E-state index is 0.205. The predicted octanol–water partition coefficient (Wildman–Crippen LogP) is 4.49. The summed E-state index contributed by atoms with van der Waals surface area (Å²) in [5, 5.41) is 10.3. The SMILES string of the molecule is CCC(CC)C(C)n1ccc2c1CC(C)(C)CC2O. The minimum atomic E-state index is -0.283. The van der Waals surface area contributed by atoms with E-state index in [1.165, 1.54) is 18.5 Å². The maximum Gasteiger partial charge on any atom is 0.0812 e. The third kappa shape index (κ3) is 2.74. The number of hydrogen-bond acceptors (Lipinski definition) is 1. The molecule has 1 heterocycles. The largest absolute Gasteiger partial charge is 0.388 e. The van der Waals surface area contributed by atoms with E-state index in [1.807, 2.05) is 0 Å². The van der Waals surface area contributed by atoms with Crippen LogP contribution in [-0.2, 0) is 6.42 Å². The first kappa shape index (κ1) is 14.6. The second-order valence-corrected chi connectivity index (χ2v) is 7.00. The number of hydrogen-bond donors (Lipinski definition) is 1. The molecule has 1 aromatic rings. The van der Waals surface area contributed by atoms with Gasteiger partial charge >= 0.3 is 0 Å². The monoisotopic (exact) mass is 263 g/mol. The van der Waals surface area contributed by atoms with E-state index in [4.69, 9.17) is 0 Å². The Morgan fingerprint density at radius 3 is 2.58 bits per heavy atom. The smallest absolute Gasteiger partial charge is 0.0812 e. The van der Waals surface area contributed by atoms with Crippen LogP contribution in [0.5, 0.6) is 0 Å². The molecule has 0 spiro atoms. The Bertz CT molecular complexity index is 428. The van der Waals surface area contributed by atoms with Crippen LogP contribution < -0.4 is 0 Å². The average molecular weight is 263 g/mol. The Balaban J connectivity index is 2.35. The summed E-state index contributed by atoms with van der Waals surface area (Å²) in [6, 6.07) is 2.66. The third-order valence-electron chi connectivity index (χ3n) is 4.98. The molecular weight excluding hydrogens is 234 g/mol. The molecule has 0 amide bonds. The van der Waals surface area contributed by atoms with Crippen LogP contribution in [0.25, 0.3) is 0 Å². The topological polar surface area (TPSA) is 25.2 Å². The molecule has 2 unspecified atom stereocenters. The van der Waals surface area contributed by atoms with Crippen molar-refractivity contribution in [3.05, 3.63) is 23.5 Å². The van der Waals surface area contributed by atoms with E-state index >= 15 is 0 Å². The van der Waals surface area contributed by atoms with Crippen LogP contribution >= 0.6 is 0 Å². The number of fused-ring (bicyclic) bond motifs is 1. The summed E-state index contributed by atoms with van der Waals surface area (Å²) >= 11 is 0. The standard InChI is InChI=1S/C17H29NO/c1-6-13(7-2)12(3)18-9-8-14-15(18)10-17(4,5)11-16(14)19/h8-9,12-13,16,19H,6-7,10-11H2,1-5H3. The van der Waals surface area contributed by atoms with Gasteiger partial charge in [-0.3, -0.25) is 0 Å². The van der Waals surface area contributed by atoms with Gasteiger partial charge in [0.05, 0.1) is 6.10 Å². The van der Waals surface area contributed by atoms with Crippen molar-refractivity contribution < 1.29 is 5.11 Å². The van der Waals surface area contributed by atoms with E-state index in [0.717, 1.165) is 24.3 Å². The maximum atomic E-state index is 10.3. The van der Waals surface area contributed by atoms with Gasteiger partial charge in [-0.15, -0.1) is 0 Å². The van der Waals surface area contributed by atoms with Crippen molar-refractivity contribution >= 4 is 0 Å². The second-order valence-electron chi connectivity index (χ2n) is 7.00. The molecule has 0 saturated heterocycles. The Morgan fingerprint density at radius 1 is 1.37 bits per heavy atom. The summed E-state index contributed by atoms with van der Waals surface area (Å²) in [5.41, 5.74) is 2.73. The van der Waals surface area contributed by atoms with Gasteiger partial charge in [0.25, 0.3) is 0 Å². The molecule has 2 rings (SSSR count). The number of aromatic nitrogens is 1. The molecule has 1 N–H and O–H groups in total. The van der Waals surface area contributed by atoms with Crippen LogP contribution in [-0.4, -0.2) is 9.67 Å². The van der Waals surface area contributed by atoms with Gasteiger partial charge in [0.2, 0.25) is 0 Å². The van der Waals surface area contributed by atoms with E-state index in [0.29, 0.717) is 6.04 Å². The van der Waals surface area contributed by atoms with E-state index in [1.54, 1.807) is 0 Å². The molecule has 2 atom stereocenters. The van der Waals surface area contributed by atoms with Crippen LogP contribution in [0, 0.1) is 11.3 Å². The lowest BCUT2D eigenvalue weighted by Gasteiger charge is -2.35. The van der Waals surface area contributed by atoms with Gasteiger partial charge in [-0.1, -0.05) is 40.5 Å². The van der Waals surface area contributed by atoms with E-state index < -0.39 is 0 Å². The summed E-state index contributed by atoms with van der Waals surface area (Å²) < 4.78 is 2.43. The van der Waals surface area contributed by atoms with Gasteiger partial charge in [0, 0.05) is 23.5 Å². The Labute approximate surface area is 117 Å². The van der Waals surface area contributed by atoms with E-state index in [2.05, 4.69) is 51.4 Å². The van der Waals surface area contributed by atoms with Crippen molar-refractivity contribution in [2.45, 2.75) is 72.4 Å². The van der Waals surface area contributed by atoms with Gasteiger partial charge in [-0.05, 0) is 37.2 Å². The zero-order chi connectivity index (χ0) is 14.2. The highest BCUT2D eigenvalue weighted by Gasteiger charge is 2.34. The molecule has 0 radical (unpaired) electrons. The fourth-order valence-electron chi connectivity index (χ4n) is 3.73. The number of aliphatic hydroxyl groups excluding tert-OH is 1. The third-order valence-corrected chi connectivity index (χ3v) is 4.98. The number of aliphatic hydroxyl groups is 1. The molecule has 1 aliphatic carbocycles. The van der Waals surface area contributed by atoms with Crippen molar-refractivity contribution in [3.8, 4) is 0 Å². The van der Waals surface area contributed by atoms with Crippen molar-refractivity contribution in [2.24, 2.45) is 11.3 Å². The molecule has 2 heteroatoms. The first-order valence-corrected chi connectivity index (χ1v) is 7.77. The Kier molecular flexibility index (Phi) is 4.10. The Hall–Kier alpha value is -0.760. The molecule has 2 nitrogen and oxygen atoms in total. The molecule has 0 saturated carbocycles. The van der Waals surface area contributed by atoms with Gasteiger partial charge < -0.3 is 9.67 Å². The molecule has 0 bridgehead atoms. The zero-order valence-electron chi connectivity index (χ0n) is 13.1. The molecule has 108 valence electrons. The fraction of sp³-hybridized carbons (Fsp3) is 0.765. The lowest BCUT2D eigenvalue weighted by molar-refractivity contribution is 0.0969. The first-order valence-electron chi connectivity index (χ1n) is 7.77. The van der Waals surface area contributed by atoms with Gasteiger partial charge in [-0.2, -0.15) is 0 Å². The van der Waals surface area contributed by atoms with Gasteiger partial charge in [0.1, 0.15) is 0 Å². The molecule has 0 aromatic carbocycles.